The van der Waals surface area contributed by atoms with Crippen molar-refractivity contribution in [3.63, 3.8) is 0 Å². The Labute approximate surface area is 220 Å². The monoisotopic (exact) mass is 513 g/mol. The van der Waals surface area contributed by atoms with Gasteiger partial charge in [0.2, 0.25) is 0 Å². The van der Waals surface area contributed by atoms with Crippen molar-refractivity contribution < 1.29 is 9.15 Å². The molecule has 5 aromatic rings. The van der Waals surface area contributed by atoms with Crippen molar-refractivity contribution in [3.05, 3.63) is 100 Å². The van der Waals surface area contributed by atoms with Crippen LogP contribution in [0.5, 0.6) is 5.75 Å². The second-order valence-electron chi connectivity index (χ2n) is 9.15. The number of hydrogen-bond donors (Lipinski definition) is 1. The smallest absolute Gasteiger partial charge is 0.252 e. The van der Waals surface area contributed by atoms with E-state index in [-0.39, 0.29) is 11.6 Å². The second-order valence-corrected chi connectivity index (χ2v) is 9.15. The van der Waals surface area contributed by atoms with E-state index in [1.807, 2.05) is 61.7 Å². The summed E-state index contributed by atoms with van der Waals surface area (Å²) in [4.78, 5) is 22.8. The van der Waals surface area contributed by atoms with E-state index in [4.69, 9.17) is 9.15 Å². The van der Waals surface area contributed by atoms with Gasteiger partial charge in [-0.25, -0.2) is 4.68 Å². The molecule has 0 radical (unpaired) electrons. The molecule has 10 heteroatoms. The summed E-state index contributed by atoms with van der Waals surface area (Å²) < 4.78 is 13.0. The van der Waals surface area contributed by atoms with Crippen molar-refractivity contribution in [2.24, 2.45) is 0 Å². The Morgan fingerprint density at radius 2 is 2.05 bits per heavy atom. The van der Waals surface area contributed by atoms with Crippen LogP contribution in [-0.2, 0) is 19.6 Å². The minimum atomic E-state index is -0.143. The standard InChI is InChI=1S/C28H31N7O3/c1-3-7-26(27-31-32-33-35(27)19-24-9-6-13-38-24)34(17-20-8-5-12-29-16-20)18-22-14-21-15-23(37-4-2)10-11-25(21)30-28(22)36/h5-6,8-16,26H,3-4,7,17-19H2,1-2H3,(H,30,36)/t26-/m0/s1. The molecule has 0 aliphatic carbocycles. The summed E-state index contributed by atoms with van der Waals surface area (Å²) in [5.41, 5.74) is 2.34. The van der Waals surface area contributed by atoms with Crippen LogP contribution in [0.25, 0.3) is 10.9 Å². The van der Waals surface area contributed by atoms with E-state index in [1.54, 1.807) is 17.1 Å². The third kappa shape index (κ3) is 5.81. The molecule has 0 aliphatic rings. The zero-order valence-corrected chi connectivity index (χ0v) is 21.6. The summed E-state index contributed by atoms with van der Waals surface area (Å²) >= 11 is 0. The topological polar surface area (TPSA) is 115 Å². The number of nitrogens with one attached hydrogen (secondary N) is 1. The van der Waals surface area contributed by atoms with Gasteiger partial charge in [0.1, 0.15) is 18.1 Å². The van der Waals surface area contributed by atoms with Crippen LogP contribution in [0, 0.1) is 0 Å². The van der Waals surface area contributed by atoms with Gasteiger partial charge in [-0.05, 0) is 71.8 Å². The number of pyridine rings is 2. The van der Waals surface area contributed by atoms with Gasteiger partial charge in [-0.2, -0.15) is 0 Å². The van der Waals surface area contributed by atoms with Crippen molar-refractivity contribution in [1.29, 1.82) is 0 Å². The molecule has 5 rings (SSSR count). The fourth-order valence-electron chi connectivity index (χ4n) is 4.69. The van der Waals surface area contributed by atoms with Crippen LogP contribution in [-0.4, -0.2) is 41.7 Å². The Balaban J connectivity index is 1.53. The number of H-pyrrole nitrogens is 1. The molecule has 1 atom stereocenters. The minimum Gasteiger partial charge on any atom is -0.494 e. The third-order valence-electron chi connectivity index (χ3n) is 6.43. The average Bonchev–Trinajstić information content (AvgIpc) is 3.61. The Hall–Kier alpha value is -4.31. The molecule has 0 amide bonds. The number of fused-ring (bicyclic) bond motifs is 1. The number of benzene rings is 1. The van der Waals surface area contributed by atoms with Gasteiger partial charge in [0.15, 0.2) is 5.82 Å². The van der Waals surface area contributed by atoms with E-state index >= 15 is 0 Å². The number of furan rings is 1. The van der Waals surface area contributed by atoms with Crippen LogP contribution >= 0.6 is 0 Å². The molecule has 0 unspecified atom stereocenters. The van der Waals surface area contributed by atoms with E-state index in [1.165, 1.54) is 0 Å². The number of aromatic nitrogens is 6. The maximum absolute atomic E-state index is 13.2. The van der Waals surface area contributed by atoms with Crippen LogP contribution in [0.4, 0.5) is 0 Å². The van der Waals surface area contributed by atoms with Gasteiger partial charge < -0.3 is 14.1 Å². The van der Waals surface area contributed by atoms with Crippen LogP contribution in [0.15, 0.2) is 76.4 Å². The van der Waals surface area contributed by atoms with E-state index < -0.39 is 0 Å². The molecule has 0 fully saturated rings. The van der Waals surface area contributed by atoms with Crippen molar-refractivity contribution >= 4 is 10.9 Å². The molecule has 0 aliphatic heterocycles. The van der Waals surface area contributed by atoms with Crippen LogP contribution < -0.4 is 10.3 Å². The van der Waals surface area contributed by atoms with Crippen LogP contribution in [0.1, 0.15) is 55.4 Å². The van der Waals surface area contributed by atoms with Gasteiger partial charge in [0.05, 0.1) is 18.9 Å². The molecule has 0 saturated carbocycles. The number of rotatable bonds is 12. The van der Waals surface area contributed by atoms with Crippen molar-refractivity contribution in [1.82, 2.24) is 35.1 Å². The van der Waals surface area contributed by atoms with E-state index in [2.05, 4.69) is 37.3 Å². The second kappa shape index (κ2) is 11.8. The molecule has 4 aromatic heterocycles. The molecule has 10 nitrogen and oxygen atoms in total. The molecule has 196 valence electrons. The Morgan fingerprint density at radius 3 is 2.82 bits per heavy atom. The van der Waals surface area contributed by atoms with Gasteiger partial charge in [-0.3, -0.25) is 14.7 Å². The first-order valence-electron chi connectivity index (χ1n) is 12.8. The predicted octanol–water partition coefficient (Wildman–Crippen LogP) is 4.49. The lowest BCUT2D eigenvalue weighted by atomic mass is 10.1. The summed E-state index contributed by atoms with van der Waals surface area (Å²) in [6.07, 6.45) is 6.96. The Bertz CT molecular complexity index is 1510. The summed E-state index contributed by atoms with van der Waals surface area (Å²) in [5, 5.41) is 13.6. The summed E-state index contributed by atoms with van der Waals surface area (Å²) in [6.45, 7) is 6.05. The van der Waals surface area contributed by atoms with Gasteiger partial charge in [0, 0.05) is 41.9 Å². The average molecular weight is 514 g/mol. The highest BCUT2D eigenvalue weighted by Crippen LogP contribution is 2.28. The molecule has 0 saturated heterocycles. The first-order chi connectivity index (χ1) is 18.6. The molecule has 0 spiro atoms. The van der Waals surface area contributed by atoms with Gasteiger partial charge in [-0.15, -0.1) is 5.10 Å². The highest BCUT2D eigenvalue weighted by molar-refractivity contribution is 5.80. The number of ether oxygens (including phenoxy) is 1. The predicted molar refractivity (Wildman–Crippen MR) is 142 cm³/mol. The molecule has 4 heterocycles. The quantitative estimate of drug-likeness (QED) is 0.259. The molecule has 38 heavy (non-hydrogen) atoms. The largest absolute Gasteiger partial charge is 0.494 e. The molecule has 0 bridgehead atoms. The number of nitrogens with zero attached hydrogens (tertiary/aromatic N) is 6. The number of aromatic amines is 1. The van der Waals surface area contributed by atoms with Gasteiger partial charge in [0.25, 0.3) is 5.56 Å². The van der Waals surface area contributed by atoms with Crippen LogP contribution in [0.2, 0.25) is 0 Å². The normalized spacial score (nSPS) is 12.3. The van der Waals surface area contributed by atoms with E-state index in [0.717, 1.165) is 46.6 Å². The maximum Gasteiger partial charge on any atom is 0.252 e. The summed E-state index contributed by atoms with van der Waals surface area (Å²) in [7, 11) is 0. The van der Waals surface area contributed by atoms with E-state index in [0.29, 0.717) is 31.8 Å². The highest BCUT2D eigenvalue weighted by atomic mass is 16.5. The fraction of sp³-hybridized carbons (Fsp3) is 0.321. The number of tetrazole rings is 1. The first-order valence-corrected chi connectivity index (χ1v) is 12.8. The SMILES string of the molecule is CCC[C@@H](c1nnnn1Cc1ccco1)N(Cc1cccnc1)Cc1cc2cc(OCC)ccc2[nH]c1=O. The maximum atomic E-state index is 13.2. The lowest BCUT2D eigenvalue weighted by Gasteiger charge is -2.30. The highest BCUT2D eigenvalue weighted by Gasteiger charge is 2.27. The first kappa shape index (κ1) is 25.3. The summed E-state index contributed by atoms with van der Waals surface area (Å²) in [5.74, 6) is 2.26. The summed E-state index contributed by atoms with van der Waals surface area (Å²) in [6, 6.07) is 15.2. The Kier molecular flexibility index (Phi) is 7.89. The van der Waals surface area contributed by atoms with Gasteiger partial charge in [-0.1, -0.05) is 19.4 Å². The lowest BCUT2D eigenvalue weighted by Crippen LogP contribution is -2.32. The number of hydrogen-bond acceptors (Lipinski definition) is 8. The van der Waals surface area contributed by atoms with Crippen molar-refractivity contribution in [3.8, 4) is 5.75 Å². The molecular formula is C28H31N7O3. The molecule has 1 N–H and O–H groups in total. The van der Waals surface area contributed by atoms with Crippen LogP contribution in [0.3, 0.4) is 0 Å². The van der Waals surface area contributed by atoms with E-state index in [9.17, 15) is 4.79 Å². The zero-order valence-electron chi connectivity index (χ0n) is 21.6. The molecule has 1 aromatic carbocycles. The van der Waals surface area contributed by atoms with Crippen molar-refractivity contribution in [2.75, 3.05) is 6.61 Å². The molecular weight excluding hydrogens is 482 g/mol. The van der Waals surface area contributed by atoms with Crippen molar-refractivity contribution in [2.45, 2.75) is 52.4 Å². The lowest BCUT2D eigenvalue weighted by molar-refractivity contribution is 0.155. The third-order valence-corrected chi connectivity index (χ3v) is 6.43. The Morgan fingerprint density at radius 1 is 1.13 bits per heavy atom. The zero-order chi connectivity index (χ0) is 26.3. The fourth-order valence-corrected chi connectivity index (χ4v) is 4.69. The minimum absolute atomic E-state index is 0.122. The van der Waals surface area contributed by atoms with Gasteiger partial charge >= 0.3 is 0 Å².